The van der Waals surface area contributed by atoms with Gasteiger partial charge in [-0.3, -0.25) is 14.3 Å². The molecule has 1 aliphatic rings. The van der Waals surface area contributed by atoms with Crippen LogP contribution in [0.1, 0.15) is 15.2 Å². The van der Waals surface area contributed by atoms with Crippen molar-refractivity contribution < 1.29 is 22.4 Å². The number of nitrogens with zero attached hydrogens (tertiary/aromatic N) is 1. The van der Waals surface area contributed by atoms with E-state index in [1.54, 1.807) is 12.1 Å². The number of benzene rings is 1. The number of sulfonamides is 1. The molecule has 1 aromatic carbocycles. The second kappa shape index (κ2) is 7.90. The number of hydrogen-bond donors (Lipinski definition) is 2. The highest BCUT2D eigenvalue weighted by Crippen LogP contribution is 2.25. The Morgan fingerprint density at radius 1 is 1.32 bits per heavy atom. The Labute approximate surface area is 169 Å². The van der Waals surface area contributed by atoms with Gasteiger partial charge in [-0.1, -0.05) is 11.6 Å². The molecule has 3 N–H and O–H groups in total. The molecule has 148 valence electrons. The molecule has 0 saturated heterocycles. The van der Waals surface area contributed by atoms with Crippen LogP contribution in [0.25, 0.3) is 0 Å². The minimum Gasteiger partial charge on any atom is -0.366 e. The van der Waals surface area contributed by atoms with Crippen molar-refractivity contribution in [2.24, 2.45) is 5.73 Å². The molecule has 1 aromatic heterocycles. The first kappa shape index (κ1) is 20.3. The summed E-state index contributed by atoms with van der Waals surface area (Å²) < 4.78 is 41.6. The predicted octanol–water partition coefficient (Wildman–Crippen LogP) is 2.03. The van der Waals surface area contributed by atoms with Crippen molar-refractivity contribution in [2.75, 3.05) is 17.2 Å². The van der Waals surface area contributed by atoms with Crippen LogP contribution in [0, 0.1) is 5.82 Å². The van der Waals surface area contributed by atoms with Gasteiger partial charge in [-0.25, -0.2) is 12.8 Å². The topological polar surface area (TPSA) is 110 Å². The Hall–Kier alpha value is -2.43. The van der Waals surface area contributed by atoms with Gasteiger partial charge < -0.3 is 10.6 Å². The lowest BCUT2D eigenvalue weighted by Crippen LogP contribution is -2.35. The molecule has 3 rings (SSSR count). The lowest BCUT2D eigenvalue weighted by molar-refractivity contribution is -0.114. The second-order valence-electron chi connectivity index (χ2n) is 5.94. The molecule has 0 fully saturated rings. The number of hydrogen-bond acceptors (Lipinski definition) is 5. The third-order valence-electron chi connectivity index (χ3n) is 3.99. The summed E-state index contributed by atoms with van der Waals surface area (Å²) in [4.78, 5) is 25.5. The van der Waals surface area contributed by atoms with Gasteiger partial charge in [-0.15, -0.1) is 11.3 Å². The van der Waals surface area contributed by atoms with Crippen LogP contribution < -0.4 is 15.4 Å². The number of nitrogens with one attached hydrogen (secondary N) is 1. The number of nitrogens with two attached hydrogens (primary N) is 1. The van der Waals surface area contributed by atoms with Crippen molar-refractivity contribution in [1.82, 2.24) is 4.72 Å². The first-order valence-corrected chi connectivity index (χ1v) is 10.9. The number of thiophene rings is 1. The zero-order chi connectivity index (χ0) is 20.5. The molecule has 0 spiro atoms. The minimum absolute atomic E-state index is 0.00986. The number of primary amides is 1. The largest absolute Gasteiger partial charge is 0.366 e. The zero-order valence-electron chi connectivity index (χ0n) is 14.3. The van der Waals surface area contributed by atoms with E-state index in [1.807, 2.05) is 0 Å². The monoisotopic (exact) mass is 443 g/mol. The van der Waals surface area contributed by atoms with E-state index in [0.29, 0.717) is 4.34 Å². The first-order valence-electron chi connectivity index (χ1n) is 8.02. The van der Waals surface area contributed by atoms with Gasteiger partial charge in [0.1, 0.15) is 11.5 Å². The minimum atomic E-state index is -3.78. The smallest absolute Gasteiger partial charge is 0.275 e. The Bertz CT molecular complexity index is 1080. The molecular weight excluding hydrogens is 429 g/mol. The van der Waals surface area contributed by atoms with Crippen LogP contribution in [0.3, 0.4) is 0 Å². The highest BCUT2D eigenvalue weighted by molar-refractivity contribution is 7.89. The number of rotatable bonds is 7. The van der Waals surface area contributed by atoms with Gasteiger partial charge in [0, 0.05) is 17.0 Å². The highest BCUT2D eigenvalue weighted by atomic mass is 35.5. The van der Waals surface area contributed by atoms with Crippen molar-refractivity contribution in [2.45, 2.75) is 6.42 Å². The van der Waals surface area contributed by atoms with Gasteiger partial charge >= 0.3 is 0 Å². The molecule has 7 nitrogen and oxygen atoms in total. The van der Waals surface area contributed by atoms with Gasteiger partial charge in [0.25, 0.3) is 5.91 Å². The maximum absolute atomic E-state index is 14.2. The molecule has 2 aromatic rings. The van der Waals surface area contributed by atoms with Crippen LogP contribution >= 0.6 is 22.9 Å². The number of amides is 2. The van der Waals surface area contributed by atoms with Crippen LogP contribution in [0.4, 0.5) is 10.1 Å². The average molecular weight is 444 g/mol. The molecule has 0 saturated carbocycles. The number of carbonyl (C=O) groups is 2. The summed E-state index contributed by atoms with van der Waals surface area (Å²) in [5.41, 5.74) is 4.84. The van der Waals surface area contributed by atoms with Gasteiger partial charge in [0.05, 0.1) is 15.8 Å². The number of aryl methyl sites for hydroxylation is 1. The molecule has 0 unspecified atom stereocenters. The fraction of sp³-hybridized carbons (Fsp3) is 0.176. The van der Waals surface area contributed by atoms with Crippen molar-refractivity contribution in [1.29, 1.82) is 0 Å². The first-order chi connectivity index (χ1) is 13.2. The van der Waals surface area contributed by atoms with E-state index in [0.717, 1.165) is 15.8 Å². The van der Waals surface area contributed by atoms with Crippen molar-refractivity contribution in [3.63, 3.8) is 0 Å². The Kier molecular flexibility index (Phi) is 5.73. The summed E-state index contributed by atoms with van der Waals surface area (Å²) in [6.45, 7) is -0.00986. The summed E-state index contributed by atoms with van der Waals surface area (Å²) in [5.74, 6) is -2.52. The van der Waals surface area contributed by atoms with Crippen molar-refractivity contribution >= 4 is 50.5 Å². The Morgan fingerprint density at radius 2 is 2.07 bits per heavy atom. The van der Waals surface area contributed by atoms with Gasteiger partial charge in [-0.05, 0) is 42.8 Å². The van der Waals surface area contributed by atoms with Crippen molar-refractivity contribution in [3.05, 3.63) is 62.7 Å². The van der Waals surface area contributed by atoms with E-state index >= 15 is 0 Å². The SMILES string of the molecule is NC(=O)c1ccc(N2CC=C(NS(=O)(=O)CCc3ccc(Cl)s3)C2=O)c(F)c1. The summed E-state index contributed by atoms with van der Waals surface area (Å²) in [5, 5.41) is 0. The summed E-state index contributed by atoms with van der Waals surface area (Å²) >= 11 is 7.10. The molecule has 0 radical (unpaired) electrons. The third-order valence-corrected chi connectivity index (χ3v) is 6.55. The molecule has 1 aliphatic heterocycles. The molecular formula is C17H15ClFN3O4S2. The highest BCUT2D eigenvalue weighted by Gasteiger charge is 2.30. The van der Waals surface area contributed by atoms with E-state index < -0.39 is 27.7 Å². The van der Waals surface area contributed by atoms with Gasteiger partial charge in [-0.2, -0.15) is 0 Å². The quantitative estimate of drug-likeness (QED) is 0.682. The van der Waals surface area contributed by atoms with E-state index in [4.69, 9.17) is 17.3 Å². The maximum Gasteiger partial charge on any atom is 0.275 e. The van der Waals surface area contributed by atoms with Gasteiger partial charge in [0.2, 0.25) is 15.9 Å². The normalized spacial score (nSPS) is 14.3. The molecule has 2 heterocycles. The average Bonchev–Trinajstić information content (AvgIpc) is 3.19. The lowest BCUT2D eigenvalue weighted by atomic mass is 10.2. The van der Waals surface area contributed by atoms with E-state index in [9.17, 15) is 22.4 Å². The van der Waals surface area contributed by atoms with E-state index in [-0.39, 0.29) is 35.7 Å². The third kappa shape index (κ3) is 4.51. The van der Waals surface area contributed by atoms with Crippen LogP contribution in [0.2, 0.25) is 4.34 Å². The van der Waals surface area contributed by atoms with Gasteiger partial charge in [0.15, 0.2) is 0 Å². The van der Waals surface area contributed by atoms with E-state index in [1.165, 1.54) is 29.5 Å². The maximum atomic E-state index is 14.2. The second-order valence-corrected chi connectivity index (χ2v) is 9.58. The molecule has 2 amide bonds. The van der Waals surface area contributed by atoms with Crippen LogP contribution in [0.15, 0.2) is 42.1 Å². The van der Waals surface area contributed by atoms with Crippen molar-refractivity contribution in [3.8, 4) is 0 Å². The lowest BCUT2D eigenvalue weighted by Gasteiger charge is -2.18. The number of carbonyl (C=O) groups excluding carboxylic acids is 2. The zero-order valence-corrected chi connectivity index (χ0v) is 16.7. The van der Waals surface area contributed by atoms with Crippen LogP contribution in [0.5, 0.6) is 0 Å². The predicted molar refractivity (Wildman–Crippen MR) is 105 cm³/mol. The fourth-order valence-electron chi connectivity index (χ4n) is 2.61. The molecule has 0 aliphatic carbocycles. The Morgan fingerprint density at radius 3 is 2.68 bits per heavy atom. The molecule has 28 heavy (non-hydrogen) atoms. The summed E-state index contributed by atoms with van der Waals surface area (Å²) in [6, 6.07) is 6.89. The van der Waals surface area contributed by atoms with Crippen LogP contribution in [-0.2, 0) is 21.2 Å². The van der Waals surface area contributed by atoms with Crippen LogP contribution in [-0.4, -0.2) is 32.5 Å². The van der Waals surface area contributed by atoms with E-state index in [2.05, 4.69) is 4.72 Å². The number of anilines is 1. The Balaban J connectivity index is 1.67. The summed E-state index contributed by atoms with van der Waals surface area (Å²) in [6.07, 6.45) is 1.62. The fourth-order valence-corrected chi connectivity index (χ4v) is 4.92. The molecule has 11 heteroatoms. The molecule has 0 atom stereocenters. The number of halogens is 2. The summed E-state index contributed by atoms with van der Waals surface area (Å²) in [7, 11) is -3.78. The standard InChI is InChI=1S/C17H15ClFN3O4S2/c18-15-4-2-11(27-15)6-8-28(25,26)21-13-5-7-22(17(13)24)14-3-1-10(16(20)23)9-12(14)19/h1-5,9,21H,6-8H2,(H2,20,23). The molecule has 0 bridgehead atoms.